The number of rotatable bonds is 2. The summed E-state index contributed by atoms with van der Waals surface area (Å²) in [6.45, 7) is 2.86. The van der Waals surface area contributed by atoms with Crippen molar-refractivity contribution in [3.05, 3.63) is 0 Å². The van der Waals surface area contributed by atoms with Gasteiger partial charge in [-0.15, -0.1) is 0 Å². The van der Waals surface area contributed by atoms with Crippen molar-refractivity contribution in [2.75, 3.05) is 20.2 Å². The quantitative estimate of drug-likeness (QED) is 0.730. The van der Waals surface area contributed by atoms with Gasteiger partial charge in [-0.3, -0.25) is 4.79 Å². The number of nitrogens with zero attached hydrogens (tertiary/aromatic N) is 1. The van der Waals surface area contributed by atoms with Gasteiger partial charge in [-0.2, -0.15) is 0 Å². The predicted molar refractivity (Wildman–Crippen MR) is 83.5 cm³/mol. The maximum Gasteiger partial charge on any atom is 0.336 e. The molecule has 5 heteroatoms. The fraction of sp³-hybridized carbons (Fsp3) is 0.889. The molecule has 1 saturated heterocycles. The van der Waals surface area contributed by atoms with E-state index in [-0.39, 0.29) is 23.4 Å². The molecular weight excluding hydrogens is 294 g/mol. The number of ether oxygens (including phenoxy) is 2. The van der Waals surface area contributed by atoms with Gasteiger partial charge in [0.1, 0.15) is 0 Å². The Hall–Kier alpha value is -1.10. The van der Waals surface area contributed by atoms with Gasteiger partial charge in [0.2, 0.25) is 5.91 Å². The summed E-state index contributed by atoms with van der Waals surface area (Å²) in [5.41, 5.74) is -0.146. The van der Waals surface area contributed by atoms with Crippen molar-refractivity contribution >= 4 is 11.9 Å². The third-order valence-corrected chi connectivity index (χ3v) is 6.50. The van der Waals surface area contributed by atoms with Crippen LogP contribution in [0.25, 0.3) is 0 Å². The van der Waals surface area contributed by atoms with E-state index in [9.17, 15) is 9.59 Å². The number of carbonyl (C=O) groups excluding carboxylic acids is 2. The molecule has 0 aromatic rings. The lowest BCUT2D eigenvalue weighted by atomic mass is 9.49. The van der Waals surface area contributed by atoms with Gasteiger partial charge in [0, 0.05) is 6.54 Å². The van der Waals surface area contributed by atoms with Gasteiger partial charge in [-0.1, -0.05) is 0 Å². The third kappa shape index (κ3) is 2.57. The second-order valence-corrected chi connectivity index (χ2v) is 8.37. The second kappa shape index (κ2) is 5.47. The number of amides is 1. The van der Waals surface area contributed by atoms with Gasteiger partial charge in [-0.25, -0.2) is 4.79 Å². The lowest BCUT2D eigenvalue weighted by Gasteiger charge is -2.57. The number of carbonyl (C=O) groups is 2. The molecule has 5 fully saturated rings. The van der Waals surface area contributed by atoms with E-state index in [1.165, 1.54) is 26.4 Å². The summed E-state index contributed by atoms with van der Waals surface area (Å²) in [4.78, 5) is 27.1. The Kier molecular flexibility index (Phi) is 3.67. The predicted octanol–water partition coefficient (Wildman–Crippen LogP) is 1.99. The summed E-state index contributed by atoms with van der Waals surface area (Å²) in [5, 5.41) is 0. The van der Waals surface area contributed by atoms with Crippen LogP contribution in [-0.2, 0) is 19.1 Å². The van der Waals surface area contributed by atoms with Crippen LogP contribution in [0.5, 0.6) is 0 Å². The van der Waals surface area contributed by atoms with Crippen LogP contribution < -0.4 is 0 Å². The second-order valence-electron chi connectivity index (χ2n) is 8.37. The van der Waals surface area contributed by atoms with Gasteiger partial charge in [0.25, 0.3) is 0 Å². The van der Waals surface area contributed by atoms with Gasteiger partial charge in [0.05, 0.1) is 25.2 Å². The zero-order valence-corrected chi connectivity index (χ0v) is 14.1. The Balaban J connectivity index is 1.53. The van der Waals surface area contributed by atoms with E-state index in [1.54, 1.807) is 0 Å². The Morgan fingerprint density at radius 3 is 2.13 bits per heavy atom. The van der Waals surface area contributed by atoms with Crippen LogP contribution in [0, 0.1) is 23.2 Å². The summed E-state index contributed by atoms with van der Waals surface area (Å²) in [7, 11) is 1.37. The molecule has 4 saturated carbocycles. The van der Waals surface area contributed by atoms with Gasteiger partial charge >= 0.3 is 5.97 Å². The first-order valence-corrected chi connectivity index (χ1v) is 9.02. The zero-order chi connectivity index (χ0) is 16.2. The van der Waals surface area contributed by atoms with Crippen molar-refractivity contribution in [2.24, 2.45) is 23.2 Å². The maximum absolute atomic E-state index is 13.4. The van der Waals surface area contributed by atoms with E-state index in [1.807, 2.05) is 11.8 Å². The summed E-state index contributed by atoms with van der Waals surface area (Å²) in [6, 6.07) is 0. The van der Waals surface area contributed by atoms with E-state index in [2.05, 4.69) is 0 Å². The Morgan fingerprint density at radius 1 is 1.04 bits per heavy atom. The molecule has 23 heavy (non-hydrogen) atoms. The molecule has 4 aliphatic carbocycles. The molecule has 4 bridgehead atoms. The average Bonchev–Trinajstić information content (AvgIpc) is 2.51. The highest BCUT2D eigenvalue weighted by Crippen LogP contribution is 2.60. The SMILES string of the molecule is COC(=O)[C@H]1CN(C(=O)C23CC4CC(CC(C4)C2)C3)C[C@@H](C)O1. The first-order valence-electron chi connectivity index (χ1n) is 9.02. The molecule has 1 heterocycles. The third-order valence-electron chi connectivity index (χ3n) is 6.50. The Labute approximate surface area is 137 Å². The molecule has 0 aromatic heterocycles. The minimum atomic E-state index is -0.637. The van der Waals surface area contributed by atoms with Crippen molar-refractivity contribution in [1.29, 1.82) is 0 Å². The molecule has 128 valence electrons. The maximum atomic E-state index is 13.4. The average molecular weight is 321 g/mol. The highest BCUT2D eigenvalue weighted by molar-refractivity contribution is 5.84. The molecule has 2 atom stereocenters. The standard InChI is InChI=1S/C18H27NO4/c1-11-9-19(10-15(23-11)16(20)22-2)17(21)18-6-12-3-13(7-18)5-14(4-12)8-18/h11-15H,3-10H2,1-2H3/t11-,12?,13?,14?,15-,18?/m1/s1. The van der Waals surface area contributed by atoms with E-state index >= 15 is 0 Å². The normalized spacial score (nSPS) is 45.1. The minimum Gasteiger partial charge on any atom is -0.467 e. The van der Waals surface area contributed by atoms with Crippen LogP contribution in [0.15, 0.2) is 0 Å². The molecule has 0 spiro atoms. The zero-order valence-electron chi connectivity index (χ0n) is 14.1. The lowest BCUT2D eigenvalue weighted by Crippen LogP contribution is -2.59. The highest BCUT2D eigenvalue weighted by atomic mass is 16.6. The molecular formula is C18H27NO4. The molecule has 5 aliphatic rings. The molecule has 1 aliphatic heterocycles. The molecule has 0 radical (unpaired) electrons. The smallest absolute Gasteiger partial charge is 0.336 e. The summed E-state index contributed by atoms with van der Waals surface area (Å²) in [5.74, 6) is 2.15. The fourth-order valence-corrected chi connectivity index (χ4v) is 6.09. The molecule has 5 rings (SSSR count). The summed E-state index contributed by atoms with van der Waals surface area (Å²) >= 11 is 0. The van der Waals surface area contributed by atoms with Crippen LogP contribution >= 0.6 is 0 Å². The van der Waals surface area contributed by atoms with Crippen LogP contribution in [0.4, 0.5) is 0 Å². The van der Waals surface area contributed by atoms with Crippen LogP contribution in [0.3, 0.4) is 0 Å². The fourth-order valence-electron chi connectivity index (χ4n) is 6.09. The first kappa shape index (κ1) is 15.4. The van der Waals surface area contributed by atoms with E-state index in [0.717, 1.165) is 37.0 Å². The molecule has 1 amide bonds. The minimum absolute atomic E-state index is 0.120. The van der Waals surface area contributed by atoms with Crippen LogP contribution in [0.1, 0.15) is 45.4 Å². The summed E-state index contributed by atoms with van der Waals surface area (Å²) < 4.78 is 10.5. The molecule has 5 nitrogen and oxygen atoms in total. The lowest BCUT2D eigenvalue weighted by molar-refractivity contribution is -0.178. The van der Waals surface area contributed by atoms with Gasteiger partial charge < -0.3 is 14.4 Å². The topological polar surface area (TPSA) is 55.8 Å². The van der Waals surface area contributed by atoms with Gasteiger partial charge in [-0.05, 0) is 63.2 Å². The van der Waals surface area contributed by atoms with E-state index < -0.39 is 6.10 Å². The van der Waals surface area contributed by atoms with Crippen LogP contribution in [0.2, 0.25) is 0 Å². The highest BCUT2D eigenvalue weighted by Gasteiger charge is 2.56. The van der Waals surface area contributed by atoms with E-state index in [4.69, 9.17) is 9.47 Å². The Bertz CT molecular complexity index is 482. The number of hydrogen-bond donors (Lipinski definition) is 0. The van der Waals surface area contributed by atoms with E-state index in [0.29, 0.717) is 13.1 Å². The van der Waals surface area contributed by atoms with Crippen LogP contribution in [-0.4, -0.2) is 49.2 Å². The number of esters is 1. The molecule has 0 aromatic carbocycles. The monoisotopic (exact) mass is 321 g/mol. The largest absolute Gasteiger partial charge is 0.467 e. The van der Waals surface area contributed by atoms with Crippen molar-refractivity contribution in [3.63, 3.8) is 0 Å². The van der Waals surface area contributed by atoms with Gasteiger partial charge in [0.15, 0.2) is 6.10 Å². The number of hydrogen-bond acceptors (Lipinski definition) is 4. The van der Waals surface area contributed by atoms with Crippen molar-refractivity contribution in [2.45, 2.75) is 57.7 Å². The first-order chi connectivity index (χ1) is 11.0. The summed E-state index contributed by atoms with van der Waals surface area (Å²) in [6.07, 6.45) is 6.42. The van der Waals surface area contributed by atoms with Crippen molar-refractivity contribution in [1.82, 2.24) is 4.90 Å². The van der Waals surface area contributed by atoms with Crippen molar-refractivity contribution < 1.29 is 19.1 Å². The molecule has 0 N–H and O–H groups in total. The molecule has 0 unspecified atom stereocenters. The Morgan fingerprint density at radius 2 is 1.61 bits per heavy atom. The number of morpholine rings is 1. The number of methoxy groups -OCH3 is 1. The van der Waals surface area contributed by atoms with Crippen molar-refractivity contribution in [3.8, 4) is 0 Å².